The van der Waals surface area contributed by atoms with Gasteiger partial charge in [-0.3, -0.25) is 0 Å². The molecule has 1 aliphatic heterocycles. The number of hydrogen-bond donors (Lipinski definition) is 2. The van der Waals surface area contributed by atoms with Gasteiger partial charge in [-0.2, -0.15) is 15.0 Å². The largest absolute Gasteiger partial charge is 0.467 e. The molecule has 0 saturated carbocycles. The first-order valence-corrected chi connectivity index (χ1v) is 6.60. The van der Waals surface area contributed by atoms with Gasteiger partial charge in [-0.1, -0.05) is 0 Å². The molecule has 1 aromatic rings. The van der Waals surface area contributed by atoms with Crippen LogP contribution in [-0.4, -0.2) is 78.4 Å². The molecule has 0 aromatic carbocycles. The monoisotopic (exact) mass is 282 g/mol. The summed E-state index contributed by atoms with van der Waals surface area (Å²) in [5.41, 5.74) is 0. The SMILES string of the molecule is CNc1nc(OC)nc(N2CC(O)CC2CN(C)C)n1. The molecule has 2 rings (SSSR count). The maximum absolute atomic E-state index is 9.92. The highest BCUT2D eigenvalue weighted by atomic mass is 16.5. The van der Waals surface area contributed by atoms with Crippen LogP contribution in [-0.2, 0) is 0 Å². The second-order valence-electron chi connectivity index (χ2n) is 5.15. The fraction of sp³-hybridized carbons (Fsp3) is 0.750. The predicted molar refractivity (Wildman–Crippen MR) is 76.2 cm³/mol. The summed E-state index contributed by atoms with van der Waals surface area (Å²) in [6.07, 6.45) is 0.349. The van der Waals surface area contributed by atoms with Gasteiger partial charge in [0.25, 0.3) is 0 Å². The molecule has 0 amide bonds. The fourth-order valence-electron chi connectivity index (χ4n) is 2.41. The van der Waals surface area contributed by atoms with Crippen LogP contribution in [0.4, 0.5) is 11.9 Å². The molecule has 2 unspecified atom stereocenters. The summed E-state index contributed by atoms with van der Waals surface area (Å²) in [7, 11) is 7.29. The molecule has 1 aliphatic rings. The number of methoxy groups -OCH3 is 1. The molecule has 8 heteroatoms. The van der Waals surface area contributed by atoms with Crippen molar-refractivity contribution in [3.63, 3.8) is 0 Å². The number of likely N-dealkylation sites (N-methyl/N-ethyl adjacent to an activating group) is 1. The molecule has 20 heavy (non-hydrogen) atoms. The zero-order valence-electron chi connectivity index (χ0n) is 12.4. The lowest BCUT2D eigenvalue weighted by Crippen LogP contribution is -2.38. The minimum Gasteiger partial charge on any atom is -0.467 e. The summed E-state index contributed by atoms with van der Waals surface area (Å²) in [4.78, 5) is 16.8. The van der Waals surface area contributed by atoms with E-state index >= 15 is 0 Å². The highest BCUT2D eigenvalue weighted by Crippen LogP contribution is 2.25. The van der Waals surface area contributed by atoms with Gasteiger partial charge in [-0.15, -0.1) is 0 Å². The van der Waals surface area contributed by atoms with Gasteiger partial charge >= 0.3 is 6.01 Å². The topological polar surface area (TPSA) is 86.6 Å². The molecule has 1 fully saturated rings. The van der Waals surface area contributed by atoms with Crippen molar-refractivity contribution in [2.75, 3.05) is 51.6 Å². The summed E-state index contributed by atoms with van der Waals surface area (Å²) < 4.78 is 5.10. The van der Waals surface area contributed by atoms with Gasteiger partial charge in [0.05, 0.1) is 13.2 Å². The molecule has 0 spiro atoms. The van der Waals surface area contributed by atoms with Crippen molar-refractivity contribution in [3.05, 3.63) is 0 Å². The van der Waals surface area contributed by atoms with Gasteiger partial charge < -0.3 is 25.0 Å². The summed E-state index contributed by atoms with van der Waals surface area (Å²) in [6.45, 7) is 1.36. The quantitative estimate of drug-likeness (QED) is 0.742. The van der Waals surface area contributed by atoms with E-state index in [2.05, 4.69) is 25.2 Å². The molecular weight excluding hydrogens is 260 g/mol. The summed E-state index contributed by atoms with van der Waals surface area (Å²) in [5, 5.41) is 12.8. The smallest absolute Gasteiger partial charge is 0.322 e. The van der Waals surface area contributed by atoms with E-state index in [0.29, 0.717) is 24.9 Å². The van der Waals surface area contributed by atoms with E-state index in [-0.39, 0.29) is 18.2 Å². The van der Waals surface area contributed by atoms with Crippen molar-refractivity contribution in [3.8, 4) is 6.01 Å². The highest BCUT2D eigenvalue weighted by Gasteiger charge is 2.33. The number of rotatable bonds is 5. The van der Waals surface area contributed by atoms with E-state index in [4.69, 9.17) is 4.74 Å². The van der Waals surface area contributed by atoms with Crippen LogP contribution >= 0.6 is 0 Å². The van der Waals surface area contributed by atoms with Crippen LogP contribution in [0.1, 0.15) is 6.42 Å². The average Bonchev–Trinajstić information content (AvgIpc) is 2.78. The Morgan fingerprint density at radius 3 is 2.75 bits per heavy atom. The van der Waals surface area contributed by atoms with Crippen LogP contribution in [0.15, 0.2) is 0 Å². The zero-order chi connectivity index (χ0) is 14.7. The highest BCUT2D eigenvalue weighted by molar-refractivity contribution is 5.40. The summed E-state index contributed by atoms with van der Waals surface area (Å²) >= 11 is 0. The van der Waals surface area contributed by atoms with E-state index in [1.165, 1.54) is 7.11 Å². The third-order valence-electron chi connectivity index (χ3n) is 3.23. The number of hydrogen-bond acceptors (Lipinski definition) is 8. The third-order valence-corrected chi connectivity index (χ3v) is 3.23. The molecule has 112 valence electrons. The number of aliphatic hydroxyl groups is 1. The van der Waals surface area contributed by atoms with E-state index < -0.39 is 0 Å². The molecule has 0 bridgehead atoms. The van der Waals surface area contributed by atoms with Crippen LogP contribution in [0.5, 0.6) is 6.01 Å². The number of ether oxygens (including phenoxy) is 1. The normalized spacial score (nSPS) is 22.4. The van der Waals surface area contributed by atoms with Crippen molar-refractivity contribution in [2.45, 2.75) is 18.6 Å². The minimum absolute atomic E-state index is 0.178. The first kappa shape index (κ1) is 14.7. The van der Waals surface area contributed by atoms with Crippen LogP contribution < -0.4 is 15.0 Å². The second kappa shape index (κ2) is 6.19. The van der Waals surface area contributed by atoms with Gasteiger partial charge in [0, 0.05) is 26.2 Å². The molecule has 8 nitrogen and oxygen atoms in total. The maximum Gasteiger partial charge on any atom is 0.322 e. The van der Waals surface area contributed by atoms with Crippen molar-refractivity contribution in [1.82, 2.24) is 19.9 Å². The molecule has 0 radical (unpaired) electrons. The maximum atomic E-state index is 9.92. The van der Waals surface area contributed by atoms with Gasteiger partial charge in [-0.25, -0.2) is 0 Å². The first-order valence-electron chi connectivity index (χ1n) is 6.60. The molecule has 1 aromatic heterocycles. The standard InChI is InChI=1S/C12H22N6O2/c1-13-10-14-11(16-12(15-10)20-4)18-7-9(19)5-8(18)6-17(2)3/h8-9,19H,5-7H2,1-4H3,(H,13,14,15,16). The van der Waals surface area contributed by atoms with Crippen molar-refractivity contribution in [2.24, 2.45) is 0 Å². The van der Waals surface area contributed by atoms with Gasteiger partial charge in [0.2, 0.25) is 11.9 Å². The number of nitrogens with zero attached hydrogens (tertiary/aromatic N) is 5. The lowest BCUT2D eigenvalue weighted by atomic mass is 10.2. The zero-order valence-corrected chi connectivity index (χ0v) is 12.4. The number of nitrogens with one attached hydrogen (secondary N) is 1. The fourth-order valence-corrected chi connectivity index (χ4v) is 2.41. The van der Waals surface area contributed by atoms with Crippen LogP contribution in [0.3, 0.4) is 0 Å². The van der Waals surface area contributed by atoms with Crippen molar-refractivity contribution in [1.29, 1.82) is 0 Å². The molecule has 2 atom stereocenters. The van der Waals surface area contributed by atoms with E-state index in [1.807, 2.05) is 19.0 Å². The molecule has 0 aliphatic carbocycles. The Kier molecular flexibility index (Phi) is 4.56. The first-order chi connectivity index (χ1) is 9.53. The van der Waals surface area contributed by atoms with Crippen molar-refractivity contribution >= 4 is 11.9 Å². The Bertz CT molecular complexity index is 433. The van der Waals surface area contributed by atoms with Gasteiger partial charge in [0.15, 0.2) is 0 Å². The number of anilines is 2. The second-order valence-corrected chi connectivity index (χ2v) is 5.15. The number of aromatic nitrogens is 3. The van der Waals surface area contributed by atoms with E-state index in [1.54, 1.807) is 7.05 Å². The van der Waals surface area contributed by atoms with E-state index in [0.717, 1.165) is 6.54 Å². The Labute approximate surface area is 118 Å². The lowest BCUT2D eigenvalue weighted by molar-refractivity contribution is 0.191. The van der Waals surface area contributed by atoms with Crippen LogP contribution in [0.2, 0.25) is 0 Å². The van der Waals surface area contributed by atoms with Gasteiger partial charge in [-0.05, 0) is 20.5 Å². The third kappa shape index (κ3) is 3.26. The Morgan fingerprint density at radius 1 is 1.40 bits per heavy atom. The molecular formula is C12H22N6O2. The summed E-state index contributed by atoms with van der Waals surface area (Å²) in [5.74, 6) is 0.987. The average molecular weight is 282 g/mol. The molecule has 2 N–H and O–H groups in total. The Balaban J connectivity index is 2.28. The van der Waals surface area contributed by atoms with Crippen LogP contribution in [0, 0.1) is 0 Å². The Hall–Kier alpha value is -1.67. The molecule has 2 heterocycles. The predicted octanol–water partition coefficient (Wildman–Crippen LogP) is -0.577. The van der Waals surface area contributed by atoms with E-state index in [9.17, 15) is 5.11 Å². The molecule has 1 saturated heterocycles. The summed E-state index contributed by atoms with van der Waals surface area (Å²) in [6, 6.07) is 0.446. The van der Waals surface area contributed by atoms with Crippen molar-refractivity contribution < 1.29 is 9.84 Å². The Morgan fingerprint density at radius 2 is 2.15 bits per heavy atom. The minimum atomic E-state index is -0.360. The number of β-amino-alcohol motifs (C(OH)–C–C–N with tert-alkyl or cyclic N) is 1. The lowest BCUT2D eigenvalue weighted by Gasteiger charge is -2.26. The van der Waals surface area contributed by atoms with Crippen LogP contribution in [0.25, 0.3) is 0 Å². The van der Waals surface area contributed by atoms with Gasteiger partial charge in [0.1, 0.15) is 0 Å². The number of aliphatic hydroxyl groups excluding tert-OH is 1.